The standard InChI is InChI=1S/C23H20F4N4O3/c1-34-19-5-2-13(9-28-19)20-17(23(25,26)27)10-31(29-20)14-7-22(8-14)11-30(12-22)21(33)16-6-15(32)3-4-18(16)24/h2-6,9-10,14,32H,7-8,11-12H2,1H3. The van der Waals surface area contributed by atoms with Crippen LogP contribution in [0, 0.1) is 11.2 Å². The maximum Gasteiger partial charge on any atom is 0.420 e. The number of phenolic OH excluding ortho intramolecular Hbond substituents is 1. The zero-order valence-corrected chi connectivity index (χ0v) is 18.0. The fourth-order valence-electron chi connectivity index (χ4n) is 4.78. The summed E-state index contributed by atoms with van der Waals surface area (Å²) in [5, 5.41) is 13.8. The Morgan fingerprint density at radius 3 is 2.56 bits per heavy atom. The number of carbonyl (C=O) groups is 1. The molecule has 0 unspecified atom stereocenters. The van der Waals surface area contributed by atoms with Crippen molar-refractivity contribution in [2.75, 3.05) is 20.2 Å². The number of aromatic nitrogens is 3. The Morgan fingerprint density at radius 1 is 1.21 bits per heavy atom. The highest BCUT2D eigenvalue weighted by molar-refractivity contribution is 5.95. The van der Waals surface area contributed by atoms with E-state index in [-0.39, 0.29) is 39.9 Å². The zero-order valence-electron chi connectivity index (χ0n) is 18.0. The van der Waals surface area contributed by atoms with E-state index in [1.165, 1.54) is 35.0 Å². The number of phenols is 1. The number of rotatable bonds is 4. The second kappa shape index (κ2) is 7.71. The second-order valence-corrected chi connectivity index (χ2v) is 8.85. The van der Waals surface area contributed by atoms with Crippen LogP contribution in [0.15, 0.2) is 42.7 Å². The van der Waals surface area contributed by atoms with Gasteiger partial charge in [0.25, 0.3) is 5.91 Å². The lowest BCUT2D eigenvalue weighted by Gasteiger charge is -2.58. The quantitative estimate of drug-likeness (QED) is 0.569. The summed E-state index contributed by atoms with van der Waals surface area (Å²) in [5.41, 5.74) is -1.24. The Hall–Kier alpha value is -3.63. The molecular formula is C23H20F4N4O3. The van der Waals surface area contributed by atoms with E-state index in [2.05, 4.69) is 10.1 Å². The monoisotopic (exact) mass is 476 g/mol. The van der Waals surface area contributed by atoms with E-state index >= 15 is 0 Å². The maximum atomic E-state index is 14.0. The third-order valence-corrected chi connectivity index (χ3v) is 6.49. The molecule has 1 saturated heterocycles. The summed E-state index contributed by atoms with van der Waals surface area (Å²) in [6.45, 7) is 0.750. The lowest BCUT2D eigenvalue weighted by Crippen LogP contribution is -2.63. The van der Waals surface area contributed by atoms with Crippen LogP contribution in [0.4, 0.5) is 17.6 Å². The minimum absolute atomic E-state index is 0.201. The minimum Gasteiger partial charge on any atom is -0.508 e. The smallest absolute Gasteiger partial charge is 0.420 e. The van der Waals surface area contributed by atoms with Crippen LogP contribution < -0.4 is 4.74 Å². The van der Waals surface area contributed by atoms with Gasteiger partial charge in [-0.15, -0.1) is 0 Å². The van der Waals surface area contributed by atoms with Crippen molar-refractivity contribution in [1.29, 1.82) is 0 Å². The highest BCUT2D eigenvalue weighted by atomic mass is 19.4. The Balaban J connectivity index is 1.29. The first-order valence-electron chi connectivity index (χ1n) is 10.5. The first-order valence-corrected chi connectivity index (χ1v) is 10.5. The summed E-state index contributed by atoms with van der Waals surface area (Å²) >= 11 is 0. The molecule has 7 nitrogen and oxygen atoms in total. The molecule has 1 aliphatic carbocycles. The topological polar surface area (TPSA) is 80.5 Å². The van der Waals surface area contributed by atoms with Crippen LogP contribution in [0.1, 0.15) is 34.8 Å². The molecule has 3 aromatic rings. The fourth-order valence-corrected chi connectivity index (χ4v) is 4.78. The van der Waals surface area contributed by atoms with E-state index < -0.39 is 23.5 Å². The number of carbonyl (C=O) groups excluding carboxylic acids is 1. The van der Waals surface area contributed by atoms with Crippen molar-refractivity contribution in [3.05, 3.63) is 59.7 Å². The Labute approximate surface area is 191 Å². The highest BCUT2D eigenvalue weighted by Gasteiger charge is 2.55. The maximum absolute atomic E-state index is 14.0. The Bertz CT molecular complexity index is 1240. The molecule has 2 aliphatic rings. The lowest BCUT2D eigenvalue weighted by molar-refractivity contribution is -0.137. The van der Waals surface area contributed by atoms with Crippen molar-refractivity contribution in [3.63, 3.8) is 0 Å². The molecule has 34 heavy (non-hydrogen) atoms. The molecule has 0 atom stereocenters. The van der Waals surface area contributed by atoms with Crippen LogP contribution in [0.3, 0.4) is 0 Å². The number of amides is 1. The molecule has 1 aromatic carbocycles. The van der Waals surface area contributed by atoms with E-state index in [4.69, 9.17) is 4.74 Å². The van der Waals surface area contributed by atoms with E-state index in [1.807, 2.05) is 0 Å². The molecule has 2 aromatic heterocycles. The molecule has 1 saturated carbocycles. The molecule has 178 valence electrons. The molecule has 0 bridgehead atoms. The zero-order chi connectivity index (χ0) is 24.3. The third-order valence-electron chi connectivity index (χ3n) is 6.49. The minimum atomic E-state index is -4.58. The van der Waals surface area contributed by atoms with Crippen LogP contribution >= 0.6 is 0 Å². The first kappa shape index (κ1) is 22.2. The molecule has 2 fully saturated rings. The summed E-state index contributed by atoms with van der Waals surface area (Å²) in [6, 6.07) is 5.99. The third kappa shape index (κ3) is 3.74. The molecule has 1 N–H and O–H groups in total. The SMILES string of the molecule is COc1ccc(-c2nn(C3CC4(C3)CN(C(=O)c3cc(O)ccc3F)C4)cc2C(F)(F)F)cn1. The van der Waals surface area contributed by atoms with Gasteiger partial charge < -0.3 is 14.7 Å². The van der Waals surface area contributed by atoms with Crippen molar-refractivity contribution < 1.29 is 32.2 Å². The van der Waals surface area contributed by atoms with Gasteiger partial charge >= 0.3 is 6.18 Å². The molecule has 1 aliphatic heterocycles. The summed E-state index contributed by atoms with van der Waals surface area (Å²) in [5.74, 6) is -1.15. The number of alkyl halides is 3. The molecule has 1 spiro atoms. The summed E-state index contributed by atoms with van der Waals surface area (Å²) in [7, 11) is 1.42. The van der Waals surface area contributed by atoms with Crippen LogP contribution in [-0.2, 0) is 6.18 Å². The average molecular weight is 476 g/mol. The number of likely N-dealkylation sites (tertiary alicyclic amines) is 1. The molecular weight excluding hydrogens is 456 g/mol. The van der Waals surface area contributed by atoms with Crippen molar-refractivity contribution >= 4 is 5.91 Å². The number of hydrogen-bond donors (Lipinski definition) is 1. The van der Waals surface area contributed by atoms with Gasteiger partial charge in [-0.1, -0.05) is 0 Å². The average Bonchev–Trinajstić information content (AvgIpc) is 3.19. The first-order chi connectivity index (χ1) is 16.1. The van der Waals surface area contributed by atoms with Crippen LogP contribution in [0.5, 0.6) is 11.6 Å². The molecule has 11 heteroatoms. The van der Waals surface area contributed by atoms with Gasteiger partial charge in [0.05, 0.1) is 18.7 Å². The highest BCUT2D eigenvalue weighted by Crippen LogP contribution is 2.54. The summed E-state index contributed by atoms with van der Waals surface area (Å²) in [6.07, 6.45) is -1.17. The van der Waals surface area contributed by atoms with Gasteiger partial charge in [-0.2, -0.15) is 18.3 Å². The van der Waals surface area contributed by atoms with Crippen molar-refractivity contribution in [3.8, 4) is 22.9 Å². The summed E-state index contributed by atoms with van der Waals surface area (Å²) < 4.78 is 61.3. The van der Waals surface area contributed by atoms with Gasteiger partial charge in [-0.05, 0) is 37.1 Å². The predicted octanol–water partition coefficient (Wildman–Crippen LogP) is 4.29. The molecule has 0 radical (unpaired) electrons. The van der Waals surface area contributed by atoms with Crippen molar-refractivity contribution in [2.24, 2.45) is 5.41 Å². The van der Waals surface area contributed by atoms with Gasteiger partial charge in [0, 0.05) is 42.5 Å². The van der Waals surface area contributed by atoms with E-state index in [0.717, 1.165) is 24.4 Å². The van der Waals surface area contributed by atoms with Crippen LogP contribution in [-0.4, -0.2) is 50.9 Å². The van der Waals surface area contributed by atoms with Gasteiger partial charge in [0.2, 0.25) is 5.88 Å². The Kier molecular flexibility index (Phi) is 5.03. The van der Waals surface area contributed by atoms with Gasteiger partial charge in [0.15, 0.2) is 0 Å². The van der Waals surface area contributed by atoms with E-state index in [9.17, 15) is 27.5 Å². The number of hydrogen-bond acceptors (Lipinski definition) is 5. The molecule has 1 amide bonds. The van der Waals surface area contributed by atoms with Crippen molar-refractivity contribution in [1.82, 2.24) is 19.7 Å². The van der Waals surface area contributed by atoms with Gasteiger partial charge in [-0.25, -0.2) is 9.37 Å². The second-order valence-electron chi connectivity index (χ2n) is 8.85. The fraction of sp³-hybridized carbons (Fsp3) is 0.348. The number of methoxy groups -OCH3 is 1. The largest absolute Gasteiger partial charge is 0.508 e. The van der Waals surface area contributed by atoms with E-state index in [0.29, 0.717) is 25.9 Å². The van der Waals surface area contributed by atoms with Gasteiger partial charge in [-0.3, -0.25) is 9.48 Å². The number of benzene rings is 1. The van der Waals surface area contributed by atoms with E-state index in [1.54, 1.807) is 0 Å². The molecule has 5 rings (SSSR count). The van der Waals surface area contributed by atoms with Crippen LogP contribution in [0.25, 0.3) is 11.3 Å². The normalized spacial score (nSPS) is 17.4. The number of ether oxygens (including phenoxy) is 1. The summed E-state index contributed by atoms with van der Waals surface area (Å²) in [4.78, 5) is 18.0. The van der Waals surface area contributed by atoms with Crippen molar-refractivity contribution in [2.45, 2.75) is 25.1 Å². The van der Waals surface area contributed by atoms with Gasteiger partial charge in [0.1, 0.15) is 22.8 Å². The predicted molar refractivity (Wildman–Crippen MR) is 112 cm³/mol. The number of pyridine rings is 1. The number of halogens is 4. The number of aromatic hydroxyl groups is 1. The molecule has 3 heterocycles. The number of nitrogens with zero attached hydrogens (tertiary/aromatic N) is 4. The van der Waals surface area contributed by atoms with Crippen LogP contribution in [0.2, 0.25) is 0 Å². The Morgan fingerprint density at radius 2 is 1.94 bits per heavy atom. The lowest BCUT2D eigenvalue weighted by atomic mass is 9.60.